The molecular formula is C38H48ClN5O4. The number of nitrogens with zero attached hydrogens (tertiary/aromatic N) is 3. The average Bonchev–Trinajstić information content (AvgIpc) is 3.72. The standard InChI is InChI=1S/C38H48ClN5O4/c1-25-9-6-14-30(26(25)2)41-36(46)34-38-16-15-31(48-38)32(35(45)40-29-13-7-12-28(39)23-29)33(38)37(47)44(34)18-8-17-42-19-21-43(22-20-42)24-27-10-4-3-5-11-27/h3-5,7,10-13,15-16,23,25-26,30-34H,6,8-9,14,17-22,24H2,1-2H3,(H,40,45)(H,41,46)/t25-,26+,30+,31-,32-,33-,34+,38+/m1/s1. The third kappa shape index (κ3) is 6.42. The Morgan fingerprint density at radius 1 is 0.958 bits per heavy atom. The van der Waals surface area contributed by atoms with Gasteiger partial charge in [0.1, 0.15) is 11.6 Å². The van der Waals surface area contributed by atoms with Crippen molar-refractivity contribution in [2.75, 3.05) is 44.6 Å². The maximum atomic E-state index is 14.4. The number of likely N-dealkylation sites (tertiary alicyclic amines) is 1. The van der Waals surface area contributed by atoms with Crippen LogP contribution in [0.4, 0.5) is 5.69 Å². The molecule has 8 atom stereocenters. The Balaban J connectivity index is 1.06. The predicted octanol–water partition coefficient (Wildman–Crippen LogP) is 4.58. The molecule has 7 rings (SSSR count). The van der Waals surface area contributed by atoms with Crippen LogP contribution in [0.3, 0.4) is 0 Å². The van der Waals surface area contributed by atoms with Crippen LogP contribution in [-0.2, 0) is 25.7 Å². The van der Waals surface area contributed by atoms with E-state index in [1.807, 2.05) is 18.2 Å². The summed E-state index contributed by atoms with van der Waals surface area (Å²) in [5, 5.41) is 6.83. The van der Waals surface area contributed by atoms with Crippen molar-refractivity contribution in [3.63, 3.8) is 0 Å². The molecule has 10 heteroatoms. The van der Waals surface area contributed by atoms with Gasteiger partial charge < -0.3 is 25.2 Å². The van der Waals surface area contributed by atoms with Gasteiger partial charge in [0.15, 0.2) is 0 Å². The molecule has 1 saturated carbocycles. The highest BCUT2D eigenvalue weighted by Crippen LogP contribution is 2.55. The van der Waals surface area contributed by atoms with Crippen LogP contribution < -0.4 is 10.6 Å². The number of anilines is 1. The second-order valence-corrected chi connectivity index (χ2v) is 15.0. The van der Waals surface area contributed by atoms with Gasteiger partial charge in [-0.1, -0.05) is 86.8 Å². The molecule has 5 aliphatic rings. The van der Waals surface area contributed by atoms with E-state index in [9.17, 15) is 14.4 Å². The van der Waals surface area contributed by atoms with Gasteiger partial charge in [0, 0.05) is 56.0 Å². The van der Waals surface area contributed by atoms with E-state index in [2.05, 4.69) is 58.5 Å². The highest BCUT2D eigenvalue weighted by molar-refractivity contribution is 6.30. The summed E-state index contributed by atoms with van der Waals surface area (Å²) in [7, 11) is 0. The van der Waals surface area contributed by atoms with Crippen LogP contribution in [0.5, 0.6) is 0 Å². The van der Waals surface area contributed by atoms with Gasteiger partial charge >= 0.3 is 0 Å². The van der Waals surface area contributed by atoms with Gasteiger partial charge in [-0.25, -0.2) is 0 Å². The van der Waals surface area contributed by atoms with Crippen molar-refractivity contribution in [1.29, 1.82) is 0 Å². The Morgan fingerprint density at radius 2 is 1.73 bits per heavy atom. The zero-order valence-electron chi connectivity index (χ0n) is 28.0. The van der Waals surface area contributed by atoms with Gasteiger partial charge in [0.25, 0.3) is 0 Å². The monoisotopic (exact) mass is 673 g/mol. The Hall–Kier alpha value is -3.24. The lowest BCUT2D eigenvalue weighted by molar-refractivity contribution is -0.141. The number of carbonyl (C=O) groups excluding carboxylic acids is 3. The molecule has 3 amide bonds. The minimum Gasteiger partial charge on any atom is -0.359 e. The molecule has 4 fully saturated rings. The number of piperazine rings is 1. The molecule has 2 aromatic rings. The number of hydrogen-bond acceptors (Lipinski definition) is 6. The third-order valence-electron chi connectivity index (χ3n) is 11.6. The molecule has 0 aromatic heterocycles. The lowest BCUT2D eigenvalue weighted by Gasteiger charge is -2.38. The van der Waals surface area contributed by atoms with Gasteiger partial charge in [0.05, 0.1) is 17.9 Å². The van der Waals surface area contributed by atoms with Crippen LogP contribution in [0.15, 0.2) is 66.7 Å². The first-order valence-electron chi connectivity index (χ1n) is 17.8. The average molecular weight is 674 g/mol. The lowest BCUT2D eigenvalue weighted by atomic mass is 9.73. The highest BCUT2D eigenvalue weighted by Gasteiger charge is 2.72. The van der Waals surface area contributed by atoms with E-state index in [0.29, 0.717) is 29.1 Å². The summed E-state index contributed by atoms with van der Waals surface area (Å²) in [4.78, 5) is 49.2. The number of halogens is 1. The molecule has 3 saturated heterocycles. The maximum absolute atomic E-state index is 14.4. The van der Waals surface area contributed by atoms with E-state index in [4.69, 9.17) is 16.3 Å². The number of rotatable bonds is 10. The summed E-state index contributed by atoms with van der Waals surface area (Å²) in [6.45, 7) is 10.6. The van der Waals surface area contributed by atoms with E-state index in [0.717, 1.165) is 65.0 Å². The van der Waals surface area contributed by atoms with Crippen molar-refractivity contribution in [1.82, 2.24) is 20.0 Å². The van der Waals surface area contributed by atoms with Crippen molar-refractivity contribution < 1.29 is 19.1 Å². The van der Waals surface area contributed by atoms with Crippen molar-refractivity contribution in [2.45, 2.75) is 69.9 Å². The van der Waals surface area contributed by atoms with Gasteiger partial charge in [-0.05, 0) is 55.0 Å². The number of benzene rings is 2. The maximum Gasteiger partial charge on any atom is 0.246 e. The number of carbonyl (C=O) groups is 3. The molecule has 2 aromatic carbocycles. The Labute approximate surface area is 289 Å². The van der Waals surface area contributed by atoms with Crippen molar-refractivity contribution >= 4 is 35.0 Å². The van der Waals surface area contributed by atoms with E-state index < -0.39 is 29.6 Å². The molecule has 2 N–H and O–H groups in total. The number of ether oxygens (including phenoxy) is 1. The summed E-state index contributed by atoms with van der Waals surface area (Å²) in [6, 6.07) is 16.8. The van der Waals surface area contributed by atoms with E-state index in [1.54, 1.807) is 29.2 Å². The number of hydrogen-bond donors (Lipinski definition) is 2. The smallest absolute Gasteiger partial charge is 0.246 e. The molecule has 2 bridgehead atoms. The van der Waals surface area contributed by atoms with Crippen LogP contribution in [0, 0.1) is 23.7 Å². The topological polar surface area (TPSA) is 94.2 Å². The van der Waals surface area contributed by atoms with Crippen LogP contribution in [0.1, 0.15) is 45.1 Å². The summed E-state index contributed by atoms with van der Waals surface area (Å²) >= 11 is 6.18. The van der Waals surface area contributed by atoms with E-state index in [1.165, 1.54) is 5.56 Å². The molecule has 0 unspecified atom stereocenters. The molecule has 256 valence electrons. The van der Waals surface area contributed by atoms with E-state index in [-0.39, 0.29) is 23.8 Å². The predicted molar refractivity (Wildman–Crippen MR) is 186 cm³/mol. The first kappa shape index (κ1) is 33.3. The Morgan fingerprint density at radius 3 is 2.50 bits per heavy atom. The number of amides is 3. The first-order valence-corrected chi connectivity index (χ1v) is 18.1. The fourth-order valence-corrected chi connectivity index (χ4v) is 9.01. The SMILES string of the molecule is C[C@H]1[C@H](C)CCC[C@@H]1NC(=O)[C@@H]1N(CCCN2CCN(Cc3ccccc3)CC2)C(=O)[C@H]2[C@H](C(=O)Nc3cccc(Cl)c3)[C@H]3C=C[C@@]12O3. The molecule has 1 aliphatic carbocycles. The normalized spacial score (nSPS) is 33.2. The summed E-state index contributed by atoms with van der Waals surface area (Å²) in [6.07, 6.45) is 7.08. The van der Waals surface area contributed by atoms with Gasteiger partial charge in [0.2, 0.25) is 17.7 Å². The van der Waals surface area contributed by atoms with E-state index >= 15 is 0 Å². The fourth-order valence-electron chi connectivity index (χ4n) is 8.82. The Bertz CT molecular complexity index is 1530. The zero-order chi connectivity index (χ0) is 33.4. The van der Waals surface area contributed by atoms with Crippen LogP contribution in [0.2, 0.25) is 5.02 Å². The van der Waals surface area contributed by atoms with Crippen LogP contribution in [-0.4, -0.2) is 95.5 Å². The lowest BCUT2D eigenvalue weighted by Crippen LogP contribution is -2.58. The quantitative estimate of drug-likeness (QED) is 0.359. The number of nitrogens with one attached hydrogen (secondary N) is 2. The van der Waals surface area contributed by atoms with Crippen molar-refractivity contribution in [3.05, 3.63) is 77.3 Å². The fraction of sp³-hybridized carbons (Fsp3) is 0.553. The molecular weight excluding hydrogens is 626 g/mol. The van der Waals surface area contributed by atoms with Gasteiger partial charge in [-0.3, -0.25) is 19.3 Å². The van der Waals surface area contributed by atoms with Gasteiger partial charge in [-0.15, -0.1) is 0 Å². The zero-order valence-corrected chi connectivity index (χ0v) is 28.8. The highest BCUT2D eigenvalue weighted by atomic mass is 35.5. The molecule has 1 spiro atoms. The molecule has 0 radical (unpaired) electrons. The largest absolute Gasteiger partial charge is 0.359 e. The first-order chi connectivity index (χ1) is 23.2. The number of fused-ring (bicyclic) bond motifs is 1. The second kappa shape index (κ2) is 13.9. The van der Waals surface area contributed by atoms with Crippen LogP contribution in [0.25, 0.3) is 0 Å². The Kier molecular flexibility index (Phi) is 9.66. The summed E-state index contributed by atoms with van der Waals surface area (Å²) < 4.78 is 6.57. The minimum atomic E-state index is -1.17. The van der Waals surface area contributed by atoms with Crippen molar-refractivity contribution in [2.24, 2.45) is 23.7 Å². The second-order valence-electron chi connectivity index (χ2n) is 14.6. The molecule has 9 nitrogen and oxygen atoms in total. The minimum absolute atomic E-state index is 0.0466. The summed E-state index contributed by atoms with van der Waals surface area (Å²) in [5.74, 6) is -1.30. The third-order valence-corrected chi connectivity index (χ3v) is 11.9. The molecule has 4 aliphatic heterocycles. The van der Waals surface area contributed by atoms with Gasteiger partial charge in [-0.2, -0.15) is 0 Å². The van der Waals surface area contributed by atoms with Crippen LogP contribution >= 0.6 is 11.6 Å². The molecule has 48 heavy (non-hydrogen) atoms. The van der Waals surface area contributed by atoms with Crippen molar-refractivity contribution in [3.8, 4) is 0 Å². The summed E-state index contributed by atoms with van der Waals surface area (Å²) in [5.41, 5.74) is 0.721. The molecule has 4 heterocycles.